The van der Waals surface area contributed by atoms with Crippen LogP contribution in [0.5, 0.6) is 0 Å². The van der Waals surface area contributed by atoms with Gasteiger partial charge >= 0.3 is 5.97 Å². The summed E-state index contributed by atoms with van der Waals surface area (Å²) in [6.07, 6.45) is 1.17. The molecule has 0 aromatic heterocycles. The van der Waals surface area contributed by atoms with E-state index in [0.29, 0.717) is 17.9 Å². The smallest absolute Gasteiger partial charge is 0.338 e. The van der Waals surface area contributed by atoms with Crippen molar-refractivity contribution in [2.24, 2.45) is 0 Å². The molecule has 2 rings (SSSR count). The van der Waals surface area contributed by atoms with Gasteiger partial charge in [-0.15, -0.1) is 0 Å². The topological polar surface area (TPSA) is 63.7 Å². The van der Waals surface area contributed by atoms with Crippen molar-refractivity contribution in [3.63, 3.8) is 0 Å². The molecule has 0 spiro atoms. The Morgan fingerprint density at radius 1 is 1.04 bits per heavy atom. The van der Waals surface area contributed by atoms with Crippen LogP contribution in [-0.2, 0) is 21.3 Å². The van der Waals surface area contributed by atoms with E-state index in [2.05, 4.69) is 0 Å². The summed E-state index contributed by atoms with van der Waals surface area (Å²) in [5.74, 6) is -0.387. The average molecular weight is 333 g/mol. The number of para-hydroxylation sites is 1. The molecule has 0 atom stereocenters. The van der Waals surface area contributed by atoms with Crippen LogP contribution in [-0.4, -0.2) is 27.2 Å². The zero-order valence-corrected chi connectivity index (χ0v) is 13.9. The molecule has 0 fully saturated rings. The number of sulfonamides is 1. The summed E-state index contributed by atoms with van der Waals surface area (Å²) >= 11 is 0. The van der Waals surface area contributed by atoms with Crippen molar-refractivity contribution in [3.8, 4) is 0 Å². The first-order valence-corrected chi connectivity index (χ1v) is 9.05. The van der Waals surface area contributed by atoms with Gasteiger partial charge in [0.2, 0.25) is 10.0 Å². The lowest BCUT2D eigenvalue weighted by molar-refractivity contribution is 0.0526. The van der Waals surface area contributed by atoms with Gasteiger partial charge in [0.05, 0.1) is 30.7 Å². The van der Waals surface area contributed by atoms with Crippen LogP contribution in [0.3, 0.4) is 0 Å². The standard InChI is InChI=1S/C17H19NO4S/c1-3-22-17(19)15-11-9-14(10-12-15)13-18(23(2,20)21)16-7-5-4-6-8-16/h4-12H,3,13H2,1-2H3. The van der Waals surface area contributed by atoms with Crippen LogP contribution in [0.15, 0.2) is 54.6 Å². The number of rotatable bonds is 6. The summed E-state index contributed by atoms with van der Waals surface area (Å²) in [5.41, 5.74) is 1.83. The molecule has 6 heteroatoms. The highest BCUT2D eigenvalue weighted by molar-refractivity contribution is 7.92. The van der Waals surface area contributed by atoms with Crippen LogP contribution in [0.1, 0.15) is 22.8 Å². The third-order valence-corrected chi connectivity index (χ3v) is 4.38. The first-order chi connectivity index (χ1) is 10.9. The fourth-order valence-electron chi connectivity index (χ4n) is 2.12. The normalized spacial score (nSPS) is 11.0. The molecule has 2 aromatic carbocycles. The monoisotopic (exact) mass is 333 g/mol. The highest BCUT2D eigenvalue weighted by atomic mass is 32.2. The molecule has 0 bridgehead atoms. The Morgan fingerprint density at radius 3 is 2.17 bits per heavy atom. The van der Waals surface area contributed by atoms with Crippen molar-refractivity contribution in [2.45, 2.75) is 13.5 Å². The van der Waals surface area contributed by atoms with E-state index in [1.807, 2.05) is 6.07 Å². The maximum absolute atomic E-state index is 12.0. The molecule has 0 amide bonds. The van der Waals surface area contributed by atoms with Gasteiger partial charge < -0.3 is 4.74 Å². The molecule has 0 saturated heterocycles. The second-order valence-corrected chi connectivity index (χ2v) is 6.93. The number of hydrogen-bond donors (Lipinski definition) is 0. The van der Waals surface area contributed by atoms with Gasteiger partial charge in [-0.3, -0.25) is 4.31 Å². The van der Waals surface area contributed by atoms with E-state index in [1.54, 1.807) is 55.5 Å². The number of ether oxygens (including phenoxy) is 1. The van der Waals surface area contributed by atoms with Crippen molar-refractivity contribution >= 4 is 21.7 Å². The zero-order valence-electron chi connectivity index (χ0n) is 13.1. The lowest BCUT2D eigenvalue weighted by atomic mass is 10.1. The molecular formula is C17H19NO4S. The van der Waals surface area contributed by atoms with Crippen LogP contribution in [0.25, 0.3) is 0 Å². The van der Waals surface area contributed by atoms with Crippen LogP contribution >= 0.6 is 0 Å². The molecule has 2 aromatic rings. The molecule has 0 aliphatic heterocycles. The van der Waals surface area contributed by atoms with Gasteiger partial charge in [-0.25, -0.2) is 13.2 Å². The summed E-state index contributed by atoms with van der Waals surface area (Å²) < 4.78 is 30.3. The van der Waals surface area contributed by atoms with Crippen molar-refractivity contribution in [3.05, 3.63) is 65.7 Å². The highest BCUT2D eigenvalue weighted by Gasteiger charge is 2.17. The second kappa shape index (κ2) is 7.28. The molecule has 0 N–H and O–H groups in total. The predicted octanol–water partition coefficient (Wildman–Crippen LogP) is 2.83. The third-order valence-electron chi connectivity index (χ3n) is 3.24. The fraction of sp³-hybridized carbons (Fsp3) is 0.235. The molecule has 0 radical (unpaired) electrons. The van der Waals surface area contributed by atoms with E-state index in [0.717, 1.165) is 5.56 Å². The Hall–Kier alpha value is -2.34. The molecule has 23 heavy (non-hydrogen) atoms. The summed E-state index contributed by atoms with van der Waals surface area (Å²) in [6.45, 7) is 2.26. The van der Waals surface area contributed by atoms with E-state index in [4.69, 9.17) is 4.74 Å². The first kappa shape index (κ1) is 17.0. The minimum atomic E-state index is -3.41. The maximum atomic E-state index is 12.0. The number of carbonyl (C=O) groups is 1. The number of benzene rings is 2. The van der Waals surface area contributed by atoms with Gasteiger partial charge in [-0.2, -0.15) is 0 Å². The average Bonchev–Trinajstić information content (AvgIpc) is 2.53. The lowest BCUT2D eigenvalue weighted by Crippen LogP contribution is -2.29. The van der Waals surface area contributed by atoms with Gasteiger partial charge in [0.1, 0.15) is 0 Å². The highest BCUT2D eigenvalue weighted by Crippen LogP contribution is 2.20. The molecule has 0 aliphatic carbocycles. The van der Waals surface area contributed by atoms with Crippen molar-refractivity contribution in [2.75, 3.05) is 17.2 Å². The number of anilines is 1. The second-order valence-electron chi connectivity index (χ2n) is 5.02. The Bertz CT molecular complexity index is 755. The summed E-state index contributed by atoms with van der Waals surface area (Å²) in [4.78, 5) is 11.6. The minimum absolute atomic E-state index is 0.200. The van der Waals surface area contributed by atoms with Gasteiger partial charge in [0.15, 0.2) is 0 Å². The van der Waals surface area contributed by atoms with Crippen LogP contribution in [0, 0.1) is 0 Å². The number of hydrogen-bond acceptors (Lipinski definition) is 4. The summed E-state index contributed by atoms with van der Waals surface area (Å²) in [7, 11) is -3.41. The Labute approximate surface area is 136 Å². The Kier molecular flexibility index (Phi) is 5.39. The van der Waals surface area contributed by atoms with Crippen LogP contribution < -0.4 is 4.31 Å². The van der Waals surface area contributed by atoms with Crippen LogP contribution in [0.4, 0.5) is 5.69 Å². The lowest BCUT2D eigenvalue weighted by Gasteiger charge is -2.22. The zero-order chi connectivity index (χ0) is 16.9. The van der Waals surface area contributed by atoms with Crippen molar-refractivity contribution < 1.29 is 17.9 Å². The summed E-state index contributed by atoms with van der Waals surface area (Å²) in [5, 5.41) is 0. The van der Waals surface area contributed by atoms with E-state index in [9.17, 15) is 13.2 Å². The maximum Gasteiger partial charge on any atom is 0.338 e. The quantitative estimate of drug-likeness (QED) is 0.763. The molecular weight excluding hydrogens is 314 g/mol. The summed E-state index contributed by atoms with van der Waals surface area (Å²) in [6, 6.07) is 15.6. The Balaban J connectivity index is 2.23. The fourth-order valence-corrected chi connectivity index (χ4v) is 3.01. The van der Waals surface area contributed by atoms with Gasteiger partial charge in [0, 0.05) is 0 Å². The van der Waals surface area contributed by atoms with E-state index >= 15 is 0 Å². The predicted molar refractivity (Wildman–Crippen MR) is 89.9 cm³/mol. The number of carbonyl (C=O) groups excluding carboxylic acids is 1. The molecule has 0 unspecified atom stereocenters. The van der Waals surface area contributed by atoms with Gasteiger partial charge in [-0.05, 0) is 36.8 Å². The van der Waals surface area contributed by atoms with E-state index < -0.39 is 10.0 Å². The minimum Gasteiger partial charge on any atom is -0.462 e. The third kappa shape index (κ3) is 4.56. The molecule has 122 valence electrons. The van der Waals surface area contributed by atoms with E-state index in [-0.39, 0.29) is 12.5 Å². The van der Waals surface area contributed by atoms with E-state index in [1.165, 1.54) is 10.6 Å². The molecule has 0 heterocycles. The van der Waals surface area contributed by atoms with Crippen LogP contribution in [0.2, 0.25) is 0 Å². The first-order valence-electron chi connectivity index (χ1n) is 7.20. The number of nitrogens with zero attached hydrogens (tertiary/aromatic N) is 1. The Morgan fingerprint density at radius 2 is 1.65 bits per heavy atom. The van der Waals surface area contributed by atoms with Crippen molar-refractivity contribution in [1.29, 1.82) is 0 Å². The van der Waals surface area contributed by atoms with Gasteiger partial charge in [0.25, 0.3) is 0 Å². The van der Waals surface area contributed by atoms with Crippen molar-refractivity contribution in [1.82, 2.24) is 0 Å². The number of esters is 1. The van der Waals surface area contributed by atoms with Gasteiger partial charge in [-0.1, -0.05) is 30.3 Å². The SMILES string of the molecule is CCOC(=O)c1ccc(CN(c2ccccc2)S(C)(=O)=O)cc1. The largest absolute Gasteiger partial charge is 0.462 e. The molecule has 5 nitrogen and oxygen atoms in total. The molecule has 0 aliphatic rings. The molecule has 0 saturated carbocycles.